The smallest absolute Gasteiger partial charge is 0.256 e. The highest BCUT2D eigenvalue weighted by atomic mass is 16.5. The Morgan fingerprint density at radius 3 is 2.91 bits per heavy atom. The van der Waals surface area contributed by atoms with E-state index in [0.29, 0.717) is 26.3 Å². The number of nitrogens with zero attached hydrogens (tertiary/aromatic N) is 3. The van der Waals surface area contributed by atoms with E-state index in [-0.39, 0.29) is 11.8 Å². The van der Waals surface area contributed by atoms with Gasteiger partial charge in [-0.2, -0.15) is 0 Å². The number of imidazole rings is 1. The van der Waals surface area contributed by atoms with Crippen molar-refractivity contribution in [2.24, 2.45) is 7.05 Å². The van der Waals surface area contributed by atoms with Crippen molar-refractivity contribution in [2.45, 2.75) is 33.2 Å². The summed E-state index contributed by atoms with van der Waals surface area (Å²) in [4.78, 5) is 22.5. The number of carbonyl (C=O) groups excluding carboxylic acids is 1. The summed E-state index contributed by atoms with van der Waals surface area (Å²) in [5.41, 5.74) is 4.83. The standard InChI is InChI=1S/C17H24N4O2/c1-5-23-9-13-7-21(8-15-16(13)20(4)10-18-15)17(22)14-6-11(2)19-12(14)3/h6,10,13,19H,5,7-9H2,1-4H3/t13-/m0/s1. The van der Waals surface area contributed by atoms with E-state index >= 15 is 0 Å². The summed E-state index contributed by atoms with van der Waals surface area (Å²) >= 11 is 0. The zero-order valence-electron chi connectivity index (χ0n) is 14.2. The molecule has 0 spiro atoms. The Balaban J connectivity index is 1.87. The Bertz CT molecular complexity index is 716. The van der Waals surface area contributed by atoms with Crippen molar-refractivity contribution in [1.29, 1.82) is 0 Å². The van der Waals surface area contributed by atoms with E-state index in [9.17, 15) is 4.79 Å². The molecule has 3 heterocycles. The zero-order chi connectivity index (χ0) is 16.6. The van der Waals surface area contributed by atoms with Gasteiger partial charge < -0.3 is 19.2 Å². The van der Waals surface area contributed by atoms with E-state index in [1.807, 2.05) is 49.7 Å². The van der Waals surface area contributed by atoms with Gasteiger partial charge in [-0.1, -0.05) is 0 Å². The Morgan fingerprint density at radius 2 is 2.26 bits per heavy atom. The van der Waals surface area contributed by atoms with Crippen LogP contribution in [0, 0.1) is 13.8 Å². The lowest BCUT2D eigenvalue weighted by Crippen LogP contribution is -2.40. The SMILES string of the molecule is CCOC[C@@H]1CN(C(=O)c2cc(C)[nH]c2C)Cc2ncn(C)c21. The van der Waals surface area contributed by atoms with E-state index in [0.717, 1.165) is 22.6 Å². The molecule has 1 atom stereocenters. The minimum Gasteiger partial charge on any atom is -0.381 e. The number of nitrogens with one attached hydrogen (secondary N) is 1. The van der Waals surface area contributed by atoms with E-state index in [1.54, 1.807) is 0 Å². The fourth-order valence-electron chi connectivity index (χ4n) is 3.39. The molecule has 1 aliphatic heterocycles. The van der Waals surface area contributed by atoms with Gasteiger partial charge in [0, 0.05) is 43.2 Å². The molecule has 0 saturated heterocycles. The van der Waals surface area contributed by atoms with E-state index in [4.69, 9.17) is 4.74 Å². The van der Waals surface area contributed by atoms with Crippen molar-refractivity contribution in [3.8, 4) is 0 Å². The molecule has 6 nitrogen and oxygen atoms in total. The number of carbonyl (C=O) groups is 1. The Labute approximate surface area is 136 Å². The van der Waals surface area contributed by atoms with Gasteiger partial charge in [-0.15, -0.1) is 0 Å². The Kier molecular flexibility index (Phi) is 4.26. The molecule has 0 unspecified atom stereocenters. The summed E-state index contributed by atoms with van der Waals surface area (Å²) < 4.78 is 7.68. The predicted molar refractivity (Wildman–Crippen MR) is 87.4 cm³/mol. The summed E-state index contributed by atoms with van der Waals surface area (Å²) in [6.07, 6.45) is 1.82. The van der Waals surface area contributed by atoms with Gasteiger partial charge in [0.2, 0.25) is 0 Å². The summed E-state index contributed by atoms with van der Waals surface area (Å²) in [6.45, 7) is 8.40. The van der Waals surface area contributed by atoms with Crippen LogP contribution in [0.15, 0.2) is 12.4 Å². The molecule has 124 valence electrons. The number of aryl methyl sites for hydroxylation is 3. The van der Waals surface area contributed by atoms with Gasteiger partial charge in [-0.3, -0.25) is 4.79 Å². The third-order valence-electron chi connectivity index (χ3n) is 4.42. The molecular formula is C17H24N4O2. The molecule has 6 heteroatoms. The van der Waals surface area contributed by atoms with Crippen LogP contribution in [0.1, 0.15) is 46.0 Å². The third kappa shape index (κ3) is 2.91. The molecule has 2 aromatic heterocycles. The number of ether oxygens (including phenoxy) is 1. The van der Waals surface area contributed by atoms with Crippen LogP contribution in [-0.4, -0.2) is 45.1 Å². The molecule has 0 aliphatic carbocycles. The normalized spacial score (nSPS) is 17.4. The third-order valence-corrected chi connectivity index (χ3v) is 4.42. The number of amides is 1. The van der Waals surface area contributed by atoms with Crippen LogP contribution in [0.3, 0.4) is 0 Å². The number of fused-ring (bicyclic) bond motifs is 1. The molecule has 23 heavy (non-hydrogen) atoms. The van der Waals surface area contributed by atoms with Crippen LogP contribution >= 0.6 is 0 Å². The quantitative estimate of drug-likeness (QED) is 0.940. The second-order valence-electron chi connectivity index (χ2n) is 6.22. The highest BCUT2D eigenvalue weighted by Gasteiger charge is 2.32. The highest BCUT2D eigenvalue weighted by Crippen LogP contribution is 2.29. The van der Waals surface area contributed by atoms with Gasteiger partial charge in [-0.05, 0) is 26.8 Å². The zero-order valence-corrected chi connectivity index (χ0v) is 14.2. The summed E-state index contributed by atoms with van der Waals surface area (Å²) in [7, 11) is 2.00. The first-order valence-electron chi connectivity index (χ1n) is 8.04. The summed E-state index contributed by atoms with van der Waals surface area (Å²) in [5.74, 6) is 0.222. The largest absolute Gasteiger partial charge is 0.381 e. The summed E-state index contributed by atoms with van der Waals surface area (Å²) in [6, 6.07) is 1.92. The minimum atomic E-state index is 0.0599. The first kappa shape index (κ1) is 15.8. The van der Waals surface area contributed by atoms with Crippen LogP contribution in [0.4, 0.5) is 0 Å². The lowest BCUT2D eigenvalue weighted by atomic mass is 9.98. The number of aromatic nitrogens is 3. The van der Waals surface area contributed by atoms with Gasteiger partial charge in [0.05, 0.1) is 30.7 Å². The van der Waals surface area contributed by atoms with Crippen molar-refractivity contribution in [1.82, 2.24) is 19.4 Å². The molecule has 0 saturated carbocycles. The number of H-pyrrole nitrogens is 1. The van der Waals surface area contributed by atoms with Gasteiger partial charge in [0.25, 0.3) is 5.91 Å². The maximum Gasteiger partial charge on any atom is 0.256 e. The van der Waals surface area contributed by atoms with E-state index in [1.165, 1.54) is 5.69 Å². The maximum atomic E-state index is 12.9. The van der Waals surface area contributed by atoms with Crippen LogP contribution in [0.2, 0.25) is 0 Å². The number of hydrogen-bond donors (Lipinski definition) is 1. The average Bonchev–Trinajstić information content (AvgIpc) is 3.06. The number of rotatable bonds is 4. The second-order valence-corrected chi connectivity index (χ2v) is 6.22. The summed E-state index contributed by atoms with van der Waals surface area (Å²) in [5, 5.41) is 0. The highest BCUT2D eigenvalue weighted by molar-refractivity contribution is 5.95. The fourth-order valence-corrected chi connectivity index (χ4v) is 3.39. The Hall–Kier alpha value is -2.08. The number of aromatic amines is 1. The first-order valence-corrected chi connectivity index (χ1v) is 8.04. The lowest BCUT2D eigenvalue weighted by molar-refractivity contribution is 0.0644. The topological polar surface area (TPSA) is 63.1 Å². The molecule has 3 rings (SSSR count). The second kappa shape index (κ2) is 6.20. The molecule has 1 amide bonds. The van der Waals surface area contributed by atoms with E-state index in [2.05, 4.69) is 9.97 Å². The minimum absolute atomic E-state index is 0.0599. The molecule has 1 aliphatic rings. The van der Waals surface area contributed by atoms with Crippen LogP contribution in [0.5, 0.6) is 0 Å². The van der Waals surface area contributed by atoms with Crippen molar-refractivity contribution in [3.63, 3.8) is 0 Å². The van der Waals surface area contributed by atoms with Gasteiger partial charge >= 0.3 is 0 Å². The monoisotopic (exact) mass is 316 g/mol. The Morgan fingerprint density at radius 1 is 1.48 bits per heavy atom. The molecular weight excluding hydrogens is 292 g/mol. The molecule has 0 fully saturated rings. The molecule has 2 aromatic rings. The van der Waals surface area contributed by atoms with Crippen molar-refractivity contribution in [3.05, 3.63) is 40.7 Å². The van der Waals surface area contributed by atoms with Crippen molar-refractivity contribution < 1.29 is 9.53 Å². The number of hydrogen-bond acceptors (Lipinski definition) is 3. The molecule has 0 aromatic carbocycles. The van der Waals surface area contributed by atoms with Crippen molar-refractivity contribution in [2.75, 3.05) is 19.8 Å². The fraction of sp³-hybridized carbons (Fsp3) is 0.529. The maximum absolute atomic E-state index is 12.9. The van der Waals surface area contributed by atoms with Gasteiger partial charge in [0.1, 0.15) is 0 Å². The molecule has 0 radical (unpaired) electrons. The molecule has 0 bridgehead atoms. The first-order chi connectivity index (χ1) is 11.0. The van der Waals surface area contributed by atoms with Crippen LogP contribution < -0.4 is 0 Å². The van der Waals surface area contributed by atoms with Gasteiger partial charge in [0.15, 0.2) is 0 Å². The van der Waals surface area contributed by atoms with Crippen molar-refractivity contribution >= 4 is 5.91 Å². The van der Waals surface area contributed by atoms with Crippen LogP contribution in [0.25, 0.3) is 0 Å². The average molecular weight is 316 g/mol. The van der Waals surface area contributed by atoms with Crippen LogP contribution in [-0.2, 0) is 18.3 Å². The van der Waals surface area contributed by atoms with Gasteiger partial charge in [-0.25, -0.2) is 4.98 Å². The predicted octanol–water partition coefficient (Wildman–Crippen LogP) is 2.14. The lowest BCUT2D eigenvalue weighted by Gasteiger charge is -2.32. The molecule has 1 N–H and O–H groups in total. The van der Waals surface area contributed by atoms with E-state index < -0.39 is 0 Å².